The first kappa shape index (κ1) is 32.1. The molecule has 0 amide bonds. The highest BCUT2D eigenvalue weighted by molar-refractivity contribution is 5.85. The molecule has 0 aromatic heterocycles. The summed E-state index contributed by atoms with van der Waals surface area (Å²) in [5.74, 6) is 17.9. The van der Waals surface area contributed by atoms with Gasteiger partial charge in [-0.1, -0.05) is 55.3 Å². The van der Waals surface area contributed by atoms with Crippen LogP contribution in [-0.4, -0.2) is 17.9 Å². The van der Waals surface area contributed by atoms with Crippen molar-refractivity contribution in [3.63, 3.8) is 0 Å². The quantitative estimate of drug-likeness (QED) is 0.109. The molecule has 0 saturated heterocycles. The molecule has 0 atom stereocenters. The van der Waals surface area contributed by atoms with Crippen molar-refractivity contribution in [2.45, 2.75) is 6.92 Å². The number of ether oxygens (including phenoxy) is 3. The molecule has 0 unspecified atom stereocenters. The predicted octanol–water partition coefficient (Wildman–Crippen LogP) is 6.47. The maximum atomic E-state index is 12.1. The van der Waals surface area contributed by atoms with Crippen molar-refractivity contribution in [2.24, 2.45) is 0 Å². The van der Waals surface area contributed by atoms with Gasteiger partial charge in [0.25, 0.3) is 0 Å². The van der Waals surface area contributed by atoms with Gasteiger partial charge in [-0.3, -0.25) is 0 Å². The van der Waals surface area contributed by atoms with Crippen LogP contribution in [0.1, 0.15) is 38.9 Å². The Morgan fingerprint density at radius 3 is 1.22 bits per heavy atom. The lowest BCUT2D eigenvalue weighted by molar-refractivity contribution is -0.129. The van der Waals surface area contributed by atoms with Crippen LogP contribution in [0.15, 0.2) is 123 Å². The number of hydrogen-bond donors (Lipinski definition) is 0. The molecule has 46 heavy (non-hydrogen) atoms. The molecule has 4 rings (SSSR count). The summed E-state index contributed by atoms with van der Waals surface area (Å²) in [5.41, 5.74) is 4.82. The Morgan fingerprint density at radius 2 is 0.804 bits per heavy atom. The minimum atomic E-state index is -0.617. The second kappa shape index (κ2) is 15.6. The van der Waals surface area contributed by atoms with Gasteiger partial charge >= 0.3 is 17.9 Å². The van der Waals surface area contributed by atoms with E-state index in [1.54, 1.807) is 61.5 Å². The van der Waals surface area contributed by atoms with E-state index >= 15 is 0 Å². The number of esters is 3. The third kappa shape index (κ3) is 9.09. The number of rotatable bonds is 6. The van der Waals surface area contributed by atoms with Crippen molar-refractivity contribution >= 4 is 17.9 Å². The zero-order chi connectivity index (χ0) is 32.9. The van der Waals surface area contributed by atoms with E-state index in [0.29, 0.717) is 39.5 Å². The Hall–Kier alpha value is -6.81. The second-order valence-corrected chi connectivity index (χ2v) is 9.37. The van der Waals surface area contributed by atoms with Crippen molar-refractivity contribution in [2.75, 3.05) is 0 Å². The normalized spacial score (nSPS) is 9.41. The van der Waals surface area contributed by atoms with Gasteiger partial charge in [-0.25, -0.2) is 14.4 Å². The number of carbonyl (C=O) groups is 3. The molecule has 4 aromatic carbocycles. The molecule has 0 bridgehead atoms. The first-order valence-corrected chi connectivity index (χ1v) is 13.8. The molecule has 0 aliphatic rings. The molecule has 0 spiro atoms. The lowest BCUT2D eigenvalue weighted by Gasteiger charge is -2.10. The van der Waals surface area contributed by atoms with Gasteiger partial charge in [-0.05, 0) is 91.9 Å². The maximum Gasteiger partial charge on any atom is 0.335 e. The van der Waals surface area contributed by atoms with Gasteiger partial charge in [-0.15, -0.1) is 0 Å². The standard InChI is InChI=1S/C40H26O6/c1-5-37(41)44-35-24-16-31(17-25-35)13-10-29-8-11-30(12-9-29)14-20-33-22-23-34(40(28(33)4)46-39(43)7-3)21-15-32-18-26-36(27-19-32)45-38(42)6-2/h5-9,11-12,16-19,22-27H,1-3H2,4H3. The van der Waals surface area contributed by atoms with Gasteiger partial charge in [-0.2, -0.15) is 0 Å². The molecule has 0 heterocycles. The number of carbonyl (C=O) groups excluding carboxylic acids is 3. The molecule has 222 valence electrons. The average Bonchev–Trinajstić information content (AvgIpc) is 3.08. The first-order chi connectivity index (χ1) is 22.3. The van der Waals surface area contributed by atoms with Crippen molar-refractivity contribution in [3.8, 4) is 52.8 Å². The van der Waals surface area contributed by atoms with E-state index in [2.05, 4.69) is 55.3 Å². The van der Waals surface area contributed by atoms with E-state index in [-0.39, 0.29) is 0 Å². The van der Waals surface area contributed by atoms with Gasteiger partial charge in [0, 0.05) is 51.6 Å². The van der Waals surface area contributed by atoms with Crippen LogP contribution in [0.2, 0.25) is 0 Å². The number of hydrogen-bond acceptors (Lipinski definition) is 6. The molecular formula is C40H26O6. The van der Waals surface area contributed by atoms with E-state index in [0.717, 1.165) is 34.9 Å². The molecular weight excluding hydrogens is 576 g/mol. The molecule has 0 radical (unpaired) electrons. The fourth-order valence-electron chi connectivity index (χ4n) is 3.79. The summed E-state index contributed by atoms with van der Waals surface area (Å²) in [6, 6.07) is 24.6. The Balaban J connectivity index is 1.51. The van der Waals surface area contributed by atoms with Crippen molar-refractivity contribution < 1.29 is 28.6 Å². The van der Waals surface area contributed by atoms with Gasteiger partial charge in [0.05, 0.1) is 5.56 Å². The lowest BCUT2D eigenvalue weighted by atomic mass is 10.0. The van der Waals surface area contributed by atoms with Gasteiger partial charge < -0.3 is 14.2 Å². The summed E-state index contributed by atoms with van der Waals surface area (Å²) < 4.78 is 15.7. The summed E-state index contributed by atoms with van der Waals surface area (Å²) >= 11 is 0. The third-order valence-corrected chi connectivity index (χ3v) is 6.17. The molecule has 0 fully saturated rings. The topological polar surface area (TPSA) is 78.9 Å². The average molecular weight is 603 g/mol. The van der Waals surface area contributed by atoms with E-state index in [9.17, 15) is 14.4 Å². The largest absolute Gasteiger partial charge is 0.423 e. The molecule has 0 saturated carbocycles. The summed E-state index contributed by atoms with van der Waals surface area (Å²) in [6.45, 7) is 12.0. The van der Waals surface area contributed by atoms with Crippen LogP contribution in [0.3, 0.4) is 0 Å². The van der Waals surface area contributed by atoms with Crippen LogP contribution >= 0.6 is 0 Å². The minimum Gasteiger partial charge on any atom is -0.423 e. The molecule has 0 aliphatic heterocycles. The first-order valence-electron chi connectivity index (χ1n) is 13.8. The Morgan fingerprint density at radius 1 is 0.478 bits per heavy atom. The van der Waals surface area contributed by atoms with Crippen LogP contribution in [-0.2, 0) is 14.4 Å². The molecule has 0 aliphatic carbocycles. The lowest BCUT2D eigenvalue weighted by Crippen LogP contribution is -2.07. The zero-order valence-corrected chi connectivity index (χ0v) is 24.9. The van der Waals surface area contributed by atoms with Crippen LogP contribution in [0.4, 0.5) is 0 Å². The number of benzene rings is 4. The smallest absolute Gasteiger partial charge is 0.335 e. The van der Waals surface area contributed by atoms with Gasteiger partial charge in [0.1, 0.15) is 11.5 Å². The summed E-state index contributed by atoms with van der Waals surface area (Å²) in [5, 5.41) is 0. The molecule has 0 N–H and O–H groups in total. The van der Waals surface area contributed by atoms with Crippen molar-refractivity contribution in [1.82, 2.24) is 0 Å². The van der Waals surface area contributed by atoms with Gasteiger partial charge in [0.2, 0.25) is 0 Å². The van der Waals surface area contributed by atoms with Crippen LogP contribution in [0, 0.1) is 42.4 Å². The van der Waals surface area contributed by atoms with E-state index in [1.807, 2.05) is 30.3 Å². The predicted molar refractivity (Wildman–Crippen MR) is 176 cm³/mol. The van der Waals surface area contributed by atoms with Crippen LogP contribution in [0.5, 0.6) is 17.2 Å². The Labute approximate surface area is 267 Å². The summed E-state index contributed by atoms with van der Waals surface area (Å²) in [4.78, 5) is 34.8. The van der Waals surface area contributed by atoms with E-state index < -0.39 is 17.9 Å². The minimum absolute atomic E-state index is 0.290. The third-order valence-electron chi connectivity index (χ3n) is 6.17. The van der Waals surface area contributed by atoms with Crippen molar-refractivity contribution in [1.29, 1.82) is 0 Å². The van der Waals surface area contributed by atoms with E-state index in [4.69, 9.17) is 14.2 Å². The summed E-state index contributed by atoms with van der Waals surface area (Å²) in [6.07, 6.45) is 3.27. The van der Waals surface area contributed by atoms with Crippen molar-refractivity contribution in [3.05, 3.63) is 162 Å². The van der Waals surface area contributed by atoms with Crippen LogP contribution < -0.4 is 14.2 Å². The Bertz CT molecular complexity index is 2010. The highest BCUT2D eigenvalue weighted by Crippen LogP contribution is 2.27. The molecule has 4 aromatic rings. The monoisotopic (exact) mass is 602 g/mol. The SMILES string of the molecule is C=CC(=O)Oc1ccc(C#Cc2ccc(C#Cc3ccc(C#Cc4ccc(OC(=O)C=C)cc4)c(OC(=O)C=C)c3C)cc2)cc1. The zero-order valence-electron chi connectivity index (χ0n) is 24.9. The molecule has 6 nitrogen and oxygen atoms in total. The fraction of sp³-hybridized carbons (Fsp3) is 0.0250. The van der Waals surface area contributed by atoms with Gasteiger partial charge in [0.15, 0.2) is 5.75 Å². The second-order valence-electron chi connectivity index (χ2n) is 9.37. The van der Waals surface area contributed by atoms with E-state index in [1.165, 1.54) is 0 Å². The van der Waals surface area contributed by atoms with Crippen LogP contribution in [0.25, 0.3) is 0 Å². The Kier molecular flexibility index (Phi) is 10.9. The maximum absolute atomic E-state index is 12.1. The molecule has 6 heteroatoms. The highest BCUT2D eigenvalue weighted by Gasteiger charge is 2.12. The summed E-state index contributed by atoms with van der Waals surface area (Å²) in [7, 11) is 0. The fourth-order valence-corrected chi connectivity index (χ4v) is 3.79. The highest BCUT2D eigenvalue weighted by atomic mass is 16.5.